The second kappa shape index (κ2) is 13.0. The number of unbranched alkanes of at least 4 members (excludes halogenated alkanes) is 1. The molecule has 0 bridgehead atoms. The second-order valence-electron chi connectivity index (χ2n) is 10.00. The van der Waals surface area contributed by atoms with Crippen LogP contribution in [0.3, 0.4) is 0 Å². The maximum absolute atomic E-state index is 13.0. The van der Waals surface area contributed by atoms with Crippen LogP contribution in [-0.4, -0.2) is 37.0 Å². The van der Waals surface area contributed by atoms with Crippen molar-refractivity contribution >= 4 is 33.2 Å². The van der Waals surface area contributed by atoms with Gasteiger partial charge in [0.05, 0.1) is 4.90 Å². The van der Waals surface area contributed by atoms with Crippen molar-refractivity contribution < 1.29 is 18.3 Å². The quantitative estimate of drug-likeness (QED) is 0.178. The predicted molar refractivity (Wildman–Crippen MR) is 151 cm³/mol. The number of pyridine rings is 1. The molecule has 0 saturated heterocycles. The Bertz CT molecular complexity index is 1380. The van der Waals surface area contributed by atoms with Crippen LogP contribution in [-0.2, 0) is 14.8 Å². The van der Waals surface area contributed by atoms with E-state index in [0.717, 1.165) is 16.7 Å². The van der Waals surface area contributed by atoms with E-state index in [1.807, 2.05) is 63.2 Å². The van der Waals surface area contributed by atoms with Gasteiger partial charge in [0.15, 0.2) is 0 Å². The van der Waals surface area contributed by atoms with Gasteiger partial charge < -0.3 is 10.4 Å². The van der Waals surface area contributed by atoms with Gasteiger partial charge in [-0.15, -0.1) is 0 Å². The fourth-order valence-corrected chi connectivity index (χ4v) is 4.53. The third-order valence-electron chi connectivity index (χ3n) is 5.35. The summed E-state index contributed by atoms with van der Waals surface area (Å²) in [7, 11) is -3.85. The van der Waals surface area contributed by atoms with Gasteiger partial charge in [-0.2, -0.15) is 0 Å². The van der Waals surface area contributed by atoms with Crippen LogP contribution in [0.2, 0.25) is 0 Å². The molecule has 0 fully saturated rings. The van der Waals surface area contributed by atoms with E-state index in [-0.39, 0.29) is 22.7 Å². The fourth-order valence-electron chi connectivity index (χ4n) is 3.52. The average molecular weight is 535 g/mol. The van der Waals surface area contributed by atoms with Gasteiger partial charge in [0.2, 0.25) is 5.96 Å². The van der Waals surface area contributed by atoms with Gasteiger partial charge in [0, 0.05) is 36.6 Å². The lowest BCUT2D eigenvalue weighted by Crippen LogP contribution is -2.36. The molecule has 200 valence electrons. The van der Waals surface area contributed by atoms with Crippen molar-refractivity contribution in [3.63, 3.8) is 0 Å². The number of aliphatic imine (C=N–C) groups is 1. The number of hydrogen-bond acceptors (Lipinski definition) is 5. The van der Waals surface area contributed by atoms with E-state index in [2.05, 4.69) is 20.0 Å². The number of nitrogens with zero attached hydrogens (tertiary/aromatic N) is 2. The minimum Gasteiger partial charge on any atom is -0.481 e. The molecule has 0 saturated carbocycles. The summed E-state index contributed by atoms with van der Waals surface area (Å²) in [6.45, 7) is 6.47. The van der Waals surface area contributed by atoms with Gasteiger partial charge in [-0.25, -0.2) is 13.1 Å². The van der Waals surface area contributed by atoms with Crippen LogP contribution < -0.4 is 10.0 Å². The first kappa shape index (κ1) is 28.6. The highest BCUT2D eigenvalue weighted by molar-refractivity contribution is 7.90. The zero-order chi connectivity index (χ0) is 27.6. The van der Waals surface area contributed by atoms with E-state index < -0.39 is 16.0 Å². The summed E-state index contributed by atoms with van der Waals surface area (Å²) in [5, 5.41) is 12.1. The lowest BCUT2D eigenvalue weighted by Gasteiger charge is -2.18. The van der Waals surface area contributed by atoms with Gasteiger partial charge in [0.1, 0.15) is 0 Å². The van der Waals surface area contributed by atoms with Crippen LogP contribution in [0.15, 0.2) is 95.1 Å². The zero-order valence-corrected chi connectivity index (χ0v) is 22.7. The molecule has 0 aliphatic heterocycles. The minimum absolute atomic E-state index is 0.0908. The number of aromatic nitrogens is 1. The lowest BCUT2D eigenvalue weighted by molar-refractivity contribution is -0.137. The van der Waals surface area contributed by atoms with E-state index in [4.69, 9.17) is 5.11 Å². The maximum Gasteiger partial charge on any atom is 0.303 e. The summed E-state index contributed by atoms with van der Waals surface area (Å²) in [4.78, 5) is 19.9. The van der Waals surface area contributed by atoms with Gasteiger partial charge in [-0.1, -0.05) is 63.2 Å². The molecular weight excluding hydrogens is 500 g/mol. The number of benzene rings is 2. The number of allylic oxidation sites excluding steroid dienone is 1. The van der Waals surface area contributed by atoms with Crippen molar-refractivity contribution in [2.24, 2.45) is 10.4 Å². The monoisotopic (exact) mass is 534 g/mol. The summed E-state index contributed by atoms with van der Waals surface area (Å²) >= 11 is 0. The molecule has 1 aromatic heterocycles. The van der Waals surface area contributed by atoms with Crippen LogP contribution in [0.5, 0.6) is 0 Å². The van der Waals surface area contributed by atoms with Crippen LogP contribution in [0.25, 0.3) is 5.57 Å². The molecule has 0 aliphatic rings. The smallest absolute Gasteiger partial charge is 0.303 e. The molecule has 38 heavy (non-hydrogen) atoms. The van der Waals surface area contributed by atoms with Crippen LogP contribution in [0.4, 0.5) is 5.69 Å². The van der Waals surface area contributed by atoms with Crippen LogP contribution in [0.1, 0.15) is 51.2 Å². The first-order valence-electron chi connectivity index (χ1n) is 12.4. The minimum atomic E-state index is -3.85. The third kappa shape index (κ3) is 9.15. The van der Waals surface area contributed by atoms with E-state index in [1.54, 1.807) is 30.6 Å². The van der Waals surface area contributed by atoms with Gasteiger partial charge in [-0.3, -0.25) is 14.8 Å². The Morgan fingerprint density at radius 3 is 2.42 bits per heavy atom. The molecule has 3 N–H and O–H groups in total. The largest absolute Gasteiger partial charge is 0.481 e. The van der Waals surface area contributed by atoms with Crippen molar-refractivity contribution in [1.82, 2.24) is 9.71 Å². The number of carboxylic acid groups (broad SMARTS) is 1. The molecule has 0 spiro atoms. The number of rotatable bonds is 10. The molecule has 3 rings (SSSR count). The number of nitrogens with one attached hydrogen (secondary N) is 2. The van der Waals surface area contributed by atoms with E-state index in [9.17, 15) is 13.2 Å². The Kier molecular flexibility index (Phi) is 9.78. The molecule has 0 aliphatic carbocycles. The Hall–Kier alpha value is -3.98. The van der Waals surface area contributed by atoms with E-state index in [1.165, 1.54) is 12.1 Å². The molecule has 0 atom stereocenters. The number of carboxylic acids is 1. The third-order valence-corrected chi connectivity index (χ3v) is 6.70. The van der Waals surface area contributed by atoms with Crippen LogP contribution in [0, 0.1) is 5.41 Å². The molecule has 3 aromatic rings. The lowest BCUT2D eigenvalue weighted by atomic mass is 9.97. The molecule has 2 aromatic carbocycles. The Labute approximate surface area is 224 Å². The first-order chi connectivity index (χ1) is 18.0. The summed E-state index contributed by atoms with van der Waals surface area (Å²) in [5.41, 5.74) is 3.17. The Balaban J connectivity index is 1.92. The molecule has 0 amide bonds. The van der Waals surface area contributed by atoms with E-state index >= 15 is 0 Å². The fraction of sp³-hybridized carbons (Fsp3) is 0.276. The Morgan fingerprint density at radius 2 is 1.76 bits per heavy atom. The van der Waals surface area contributed by atoms with Gasteiger partial charge in [0.25, 0.3) is 10.0 Å². The van der Waals surface area contributed by atoms with Crippen LogP contribution >= 0.6 is 0 Å². The van der Waals surface area contributed by atoms with Crippen molar-refractivity contribution in [3.8, 4) is 0 Å². The molecule has 0 unspecified atom stereocenters. The summed E-state index contributed by atoms with van der Waals surface area (Å²) in [6.07, 6.45) is 6.65. The number of aliphatic carboxylic acids is 1. The van der Waals surface area contributed by atoms with Crippen molar-refractivity contribution in [2.75, 3.05) is 11.9 Å². The number of sulfonamides is 1. The van der Waals surface area contributed by atoms with Crippen molar-refractivity contribution in [2.45, 2.75) is 44.9 Å². The molecule has 8 nitrogen and oxygen atoms in total. The van der Waals surface area contributed by atoms with Crippen molar-refractivity contribution in [3.05, 3.63) is 96.3 Å². The summed E-state index contributed by atoms with van der Waals surface area (Å²) in [5.74, 6) is -0.707. The second-order valence-corrected chi connectivity index (χ2v) is 11.7. The van der Waals surface area contributed by atoms with Gasteiger partial charge >= 0.3 is 5.97 Å². The Morgan fingerprint density at radius 1 is 1.03 bits per heavy atom. The number of carbonyl (C=O) groups is 1. The van der Waals surface area contributed by atoms with E-state index in [0.29, 0.717) is 25.1 Å². The highest BCUT2D eigenvalue weighted by Gasteiger charge is 2.18. The molecule has 0 radical (unpaired) electrons. The van der Waals surface area contributed by atoms with Crippen molar-refractivity contribution in [1.29, 1.82) is 0 Å². The zero-order valence-electron chi connectivity index (χ0n) is 21.9. The number of hydrogen-bond donors (Lipinski definition) is 3. The molecule has 9 heteroatoms. The number of anilines is 1. The van der Waals surface area contributed by atoms with Gasteiger partial charge in [-0.05, 0) is 59.7 Å². The predicted octanol–water partition coefficient (Wildman–Crippen LogP) is 5.56. The molecular formula is C29H34N4O4S. The molecule has 1 heterocycles. The standard InChI is InChI=1S/C29H34N4O4S/c1-29(2,3)21-31-28(33-38(36,37)25-14-5-4-6-15-25)32-24-13-9-11-22(19-24)26(16-7-8-17-27(34)35)23-12-10-18-30-20-23/h4-6,9-16,18-20H,7-8,17,21H2,1-3H3,(H,34,35)(H2,31,32,33). The number of guanidine groups is 1. The maximum atomic E-state index is 13.0. The highest BCUT2D eigenvalue weighted by atomic mass is 32.2. The SMILES string of the molecule is CC(C)(C)CN=C(Nc1cccc(C(=CCCCC(=O)O)c2cccnc2)c1)NS(=O)(=O)c1ccccc1. The first-order valence-corrected chi connectivity index (χ1v) is 13.8. The highest BCUT2D eigenvalue weighted by Crippen LogP contribution is 2.26. The normalized spacial score (nSPS) is 12.7. The topological polar surface area (TPSA) is 121 Å². The summed E-state index contributed by atoms with van der Waals surface area (Å²) < 4.78 is 28.6. The summed E-state index contributed by atoms with van der Waals surface area (Å²) in [6, 6.07) is 19.5. The average Bonchev–Trinajstić information content (AvgIpc) is 2.88.